The van der Waals surface area contributed by atoms with E-state index < -0.39 is 0 Å². The SMILES string of the molecule is Brc1cnc(N2CCC3(CC2)Cc2cccnc2O3)cn1. The van der Waals surface area contributed by atoms with Crippen molar-refractivity contribution < 1.29 is 4.74 Å². The smallest absolute Gasteiger partial charge is 0.217 e. The van der Waals surface area contributed by atoms with E-state index in [0.717, 1.165) is 48.7 Å². The van der Waals surface area contributed by atoms with Gasteiger partial charge in [0.2, 0.25) is 5.88 Å². The van der Waals surface area contributed by atoms with Crippen molar-refractivity contribution in [2.24, 2.45) is 0 Å². The molecule has 4 rings (SSSR count). The lowest BCUT2D eigenvalue weighted by Crippen LogP contribution is -2.47. The summed E-state index contributed by atoms with van der Waals surface area (Å²) in [5, 5.41) is 0. The van der Waals surface area contributed by atoms with Crippen molar-refractivity contribution in [3.8, 4) is 5.88 Å². The van der Waals surface area contributed by atoms with E-state index in [1.807, 2.05) is 12.3 Å². The molecule has 1 fully saturated rings. The van der Waals surface area contributed by atoms with Gasteiger partial charge in [0.05, 0.1) is 12.4 Å². The molecule has 6 heteroatoms. The Bertz CT molecular complexity index is 626. The Balaban J connectivity index is 1.47. The lowest BCUT2D eigenvalue weighted by Gasteiger charge is -2.38. The van der Waals surface area contributed by atoms with Crippen molar-refractivity contribution in [2.75, 3.05) is 18.0 Å². The molecule has 0 saturated carbocycles. The second-order valence-electron chi connectivity index (χ2n) is 5.61. The Morgan fingerprint density at radius 2 is 2.00 bits per heavy atom. The lowest BCUT2D eigenvalue weighted by molar-refractivity contribution is 0.0627. The zero-order valence-electron chi connectivity index (χ0n) is 11.5. The third-order valence-electron chi connectivity index (χ3n) is 4.28. The van der Waals surface area contributed by atoms with Crippen molar-refractivity contribution >= 4 is 21.7 Å². The highest BCUT2D eigenvalue weighted by Gasteiger charge is 2.42. The van der Waals surface area contributed by atoms with Crippen LogP contribution in [0.25, 0.3) is 0 Å². The molecule has 0 amide bonds. The third kappa shape index (κ3) is 2.37. The first-order valence-corrected chi connectivity index (χ1v) is 7.89. The fourth-order valence-electron chi connectivity index (χ4n) is 3.13. The van der Waals surface area contributed by atoms with E-state index in [4.69, 9.17) is 4.74 Å². The largest absolute Gasteiger partial charge is 0.470 e. The molecule has 1 spiro atoms. The molecule has 4 heterocycles. The van der Waals surface area contributed by atoms with Crippen LogP contribution in [0.4, 0.5) is 5.82 Å². The van der Waals surface area contributed by atoms with Crippen LogP contribution < -0.4 is 9.64 Å². The summed E-state index contributed by atoms with van der Waals surface area (Å²) in [6, 6.07) is 4.09. The predicted molar refractivity (Wildman–Crippen MR) is 82.5 cm³/mol. The Labute approximate surface area is 131 Å². The summed E-state index contributed by atoms with van der Waals surface area (Å²) in [5.74, 6) is 1.75. The third-order valence-corrected chi connectivity index (χ3v) is 4.69. The highest BCUT2D eigenvalue weighted by Crippen LogP contribution is 2.40. The van der Waals surface area contributed by atoms with Crippen LogP contribution in [0, 0.1) is 0 Å². The maximum Gasteiger partial charge on any atom is 0.217 e. The number of aromatic nitrogens is 3. The maximum absolute atomic E-state index is 6.16. The fraction of sp³-hybridized carbons (Fsp3) is 0.400. The van der Waals surface area contributed by atoms with Crippen LogP contribution in [0.2, 0.25) is 0 Å². The topological polar surface area (TPSA) is 51.1 Å². The number of hydrogen-bond donors (Lipinski definition) is 0. The normalized spacial score (nSPS) is 19.4. The second kappa shape index (κ2) is 4.94. The van der Waals surface area contributed by atoms with E-state index in [2.05, 4.69) is 41.8 Å². The number of halogens is 1. The first-order valence-electron chi connectivity index (χ1n) is 7.10. The molecule has 2 aliphatic heterocycles. The van der Waals surface area contributed by atoms with Gasteiger partial charge in [-0.25, -0.2) is 15.0 Å². The molecule has 108 valence electrons. The molecule has 0 unspecified atom stereocenters. The number of fused-ring (bicyclic) bond motifs is 1. The van der Waals surface area contributed by atoms with Crippen LogP contribution in [0.5, 0.6) is 5.88 Å². The van der Waals surface area contributed by atoms with Crippen LogP contribution in [0.1, 0.15) is 18.4 Å². The molecule has 0 atom stereocenters. The van der Waals surface area contributed by atoms with Crippen molar-refractivity contribution in [1.29, 1.82) is 0 Å². The van der Waals surface area contributed by atoms with Gasteiger partial charge in [0, 0.05) is 44.1 Å². The number of ether oxygens (including phenoxy) is 1. The standard InChI is InChI=1S/C15H15BrN4O/c16-12-9-19-13(10-18-12)20-6-3-15(4-7-20)8-11-2-1-5-17-14(11)21-15/h1-2,5,9-10H,3-4,6-8H2. The minimum atomic E-state index is -0.0734. The molecular formula is C15H15BrN4O. The number of nitrogens with zero attached hydrogens (tertiary/aromatic N) is 4. The number of rotatable bonds is 1. The summed E-state index contributed by atoms with van der Waals surface area (Å²) in [7, 11) is 0. The lowest BCUT2D eigenvalue weighted by atomic mass is 9.87. The molecule has 1 saturated heterocycles. The van der Waals surface area contributed by atoms with Gasteiger partial charge in [-0.05, 0) is 22.0 Å². The number of anilines is 1. The van der Waals surface area contributed by atoms with Gasteiger partial charge in [0.15, 0.2) is 0 Å². The summed E-state index contributed by atoms with van der Waals surface area (Å²) >= 11 is 3.32. The number of hydrogen-bond acceptors (Lipinski definition) is 5. The molecule has 0 bridgehead atoms. The van der Waals surface area contributed by atoms with Gasteiger partial charge in [0.25, 0.3) is 0 Å². The van der Waals surface area contributed by atoms with Crippen LogP contribution in [0.15, 0.2) is 35.3 Å². The average Bonchev–Trinajstić information content (AvgIpc) is 2.87. The average molecular weight is 347 g/mol. The highest BCUT2D eigenvalue weighted by atomic mass is 79.9. The van der Waals surface area contributed by atoms with Gasteiger partial charge < -0.3 is 9.64 Å². The van der Waals surface area contributed by atoms with Crippen LogP contribution >= 0.6 is 15.9 Å². The Morgan fingerprint density at radius 3 is 2.71 bits per heavy atom. The van der Waals surface area contributed by atoms with Crippen molar-refractivity contribution in [1.82, 2.24) is 15.0 Å². The molecule has 0 radical (unpaired) electrons. The molecule has 2 aliphatic rings. The summed E-state index contributed by atoms with van der Waals surface area (Å²) in [5.41, 5.74) is 1.16. The molecule has 21 heavy (non-hydrogen) atoms. The zero-order valence-corrected chi connectivity index (χ0v) is 13.1. The first-order chi connectivity index (χ1) is 10.2. The van der Waals surface area contributed by atoms with E-state index in [-0.39, 0.29) is 5.60 Å². The van der Waals surface area contributed by atoms with Gasteiger partial charge in [-0.15, -0.1) is 0 Å². The zero-order chi connectivity index (χ0) is 14.3. The van der Waals surface area contributed by atoms with E-state index in [1.165, 1.54) is 5.56 Å². The van der Waals surface area contributed by atoms with E-state index in [9.17, 15) is 0 Å². The monoisotopic (exact) mass is 346 g/mol. The minimum absolute atomic E-state index is 0.0734. The van der Waals surface area contributed by atoms with Crippen molar-refractivity contribution in [3.63, 3.8) is 0 Å². The molecule has 0 N–H and O–H groups in total. The Morgan fingerprint density at radius 1 is 1.14 bits per heavy atom. The van der Waals surface area contributed by atoms with Crippen molar-refractivity contribution in [2.45, 2.75) is 24.9 Å². The summed E-state index contributed by atoms with van der Waals surface area (Å²) < 4.78 is 6.92. The van der Waals surface area contributed by atoms with Crippen LogP contribution in [0.3, 0.4) is 0 Å². The van der Waals surface area contributed by atoms with Crippen LogP contribution in [-0.4, -0.2) is 33.6 Å². The van der Waals surface area contributed by atoms with E-state index in [0.29, 0.717) is 0 Å². The fourth-order valence-corrected chi connectivity index (χ4v) is 3.33. The molecule has 0 aliphatic carbocycles. The summed E-state index contributed by atoms with van der Waals surface area (Å²) in [6.07, 6.45) is 8.29. The van der Waals surface area contributed by atoms with E-state index >= 15 is 0 Å². The predicted octanol–water partition coefficient (Wildman–Crippen LogP) is 2.61. The van der Waals surface area contributed by atoms with Crippen molar-refractivity contribution in [3.05, 3.63) is 40.9 Å². The molecule has 2 aromatic heterocycles. The number of pyridine rings is 1. The van der Waals surface area contributed by atoms with Gasteiger partial charge in [0.1, 0.15) is 16.0 Å². The Hall–Kier alpha value is -1.69. The van der Waals surface area contributed by atoms with Gasteiger partial charge >= 0.3 is 0 Å². The molecule has 5 nitrogen and oxygen atoms in total. The van der Waals surface area contributed by atoms with Gasteiger partial charge in [-0.1, -0.05) is 6.07 Å². The Kier molecular flexibility index (Phi) is 3.06. The second-order valence-corrected chi connectivity index (χ2v) is 6.43. The maximum atomic E-state index is 6.16. The van der Waals surface area contributed by atoms with Gasteiger partial charge in [-0.3, -0.25) is 0 Å². The molecular weight excluding hydrogens is 332 g/mol. The summed E-state index contributed by atoms with van der Waals surface area (Å²) in [6.45, 7) is 1.87. The van der Waals surface area contributed by atoms with Crippen LogP contribution in [-0.2, 0) is 6.42 Å². The first kappa shape index (κ1) is 13.0. The highest BCUT2D eigenvalue weighted by molar-refractivity contribution is 9.10. The quantitative estimate of drug-likeness (QED) is 0.794. The van der Waals surface area contributed by atoms with E-state index in [1.54, 1.807) is 12.4 Å². The molecule has 2 aromatic rings. The minimum Gasteiger partial charge on any atom is -0.470 e. The molecule has 0 aromatic carbocycles. The van der Waals surface area contributed by atoms with Gasteiger partial charge in [-0.2, -0.15) is 0 Å². The number of piperidine rings is 1. The summed E-state index contributed by atoms with van der Waals surface area (Å²) in [4.78, 5) is 15.3.